The van der Waals surface area contributed by atoms with Gasteiger partial charge in [0.25, 0.3) is 5.91 Å². The number of ether oxygens (including phenoxy) is 1. The van der Waals surface area contributed by atoms with Crippen molar-refractivity contribution < 1.29 is 9.53 Å². The van der Waals surface area contributed by atoms with Crippen LogP contribution in [0.4, 0.5) is 0 Å². The number of nitrogens with one attached hydrogen (secondary N) is 3. The van der Waals surface area contributed by atoms with Gasteiger partial charge in [-0.2, -0.15) is 0 Å². The minimum absolute atomic E-state index is 0. The van der Waals surface area contributed by atoms with E-state index in [4.69, 9.17) is 4.74 Å². The fraction of sp³-hybridized carbons (Fsp3) is 0.304. The van der Waals surface area contributed by atoms with Crippen LogP contribution in [0.3, 0.4) is 0 Å². The van der Waals surface area contributed by atoms with E-state index >= 15 is 0 Å². The minimum atomic E-state index is -0.0603. The molecule has 0 aromatic heterocycles. The highest BCUT2D eigenvalue weighted by Crippen LogP contribution is 2.17. The van der Waals surface area contributed by atoms with Crippen LogP contribution in [-0.2, 0) is 13.1 Å². The van der Waals surface area contributed by atoms with Gasteiger partial charge in [-0.15, -0.1) is 24.0 Å². The minimum Gasteiger partial charge on any atom is -0.489 e. The maximum atomic E-state index is 11.8. The maximum Gasteiger partial charge on any atom is 0.251 e. The van der Waals surface area contributed by atoms with Crippen molar-refractivity contribution in [3.8, 4) is 5.75 Å². The van der Waals surface area contributed by atoms with Gasteiger partial charge in [0.15, 0.2) is 5.96 Å². The van der Waals surface area contributed by atoms with Gasteiger partial charge in [-0.25, -0.2) is 4.99 Å². The number of hydrogen-bond donors (Lipinski definition) is 3. The van der Waals surface area contributed by atoms with Crippen LogP contribution in [0.15, 0.2) is 66.2 Å². The number of carbonyl (C=O) groups excluding carboxylic acids is 1. The van der Waals surface area contributed by atoms with E-state index in [2.05, 4.69) is 27.5 Å². The van der Waals surface area contributed by atoms with E-state index in [0.29, 0.717) is 31.8 Å². The van der Waals surface area contributed by atoms with Crippen LogP contribution in [-0.4, -0.2) is 31.6 Å². The molecule has 2 rings (SSSR count). The summed E-state index contributed by atoms with van der Waals surface area (Å²) in [5.41, 5.74) is 2.73. The number of aliphatic imine (C=N–C) groups is 1. The molecule has 3 N–H and O–H groups in total. The lowest BCUT2D eigenvalue weighted by Gasteiger charge is -2.14. The van der Waals surface area contributed by atoms with Gasteiger partial charge >= 0.3 is 0 Å². The summed E-state index contributed by atoms with van der Waals surface area (Å²) in [6, 6.07) is 15.4. The number of hydrogen-bond acceptors (Lipinski definition) is 3. The van der Waals surface area contributed by atoms with Gasteiger partial charge in [-0.3, -0.25) is 4.79 Å². The molecule has 0 radical (unpaired) electrons. The van der Waals surface area contributed by atoms with Crippen molar-refractivity contribution in [3.63, 3.8) is 0 Å². The zero-order valence-corrected chi connectivity index (χ0v) is 19.9. The number of rotatable bonds is 10. The van der Waals surface area contributed by atoms with Gasteiger partial charge in [-0.05, 0) is 37.6 Å². The summed E-state index contributed by atoms with van der Waals surface area (Å²) in [7, 11) is 0. The Hall–Kier alpha value is -2.55. The van der Waals surface area contributed by atoms with Crippen molar-refractivity contribution in [2.24, 2.45) is 4.99 Å². The highest BCUT2D eigenvalue weighted by molar-refractivity contribution is 14.0. The Morgan fingerprint density at radius 3 is 2.40 bits per heavy atom. The second-order valence-electron chi connectivity index (χ2n) is 6.31. The molecule has 2 aromatic rings. The van der Waals surface area contributed by atoms with Gasteiger partial charge < -0.3 is 20.7 Å². The highest BCUT2D eigenvalue weighted by atomic mass is 127. The summed E-state index contributed by atoms with van der Waals surface area (Å²) in [5.74, 6) is 1.49. The molecule has 162 valence electrons. The van der Waals surface area contributed by atoms with Gasteiger partial charge in [0.2, 0.25) is 0 Å². The van der Waals surface area contributed by atoms with E-state index in [-0.39, 0.29) is 29.9 Å². The molecule has 0 saturated carbocycles. The largest absolute Gasteiger partial charge is 0.489 e. The lowest BCUT2D eigenvalue weighted by atomic mass is 10.1. The molecule has 0 aliphatic heterocycles. The van der Waals surface area contributed by atoms with Crippen LogP contribution in [0.25, 0.3) is 0 Å². The van der Waals surface area contributed by atoms with Crippen molar-refractivity contribution in [3.05, 3.63) is 77.9 Å². The molecule has 7 heteroatoms. The number of halogens is 1. The quantitative estimate of drug-likeness (QED) is 0.192. The Morgan fingerprint density at radius 2 is 1.73 bits per heavy atom. The Morgan fingerprint density at radius 1 is 1.03 bits per heavy atom. The van der Waals surface area contributed by atoms with Crippen molar-refractivity contribution in [1.82, 2.24) is 16.0 Å². The van der Waals surface area contributed by atoms with Crippen LogP contribution in [0.2, 0.25) is 0 Å². The van der Waals surface area contributed by atoms with Crippen molar-refractivity contribution in [2.45, 2.75) is 26.9 Å². The predicted molar refractivity (Wildman–Crippen MR) is 134 cm³/mol. The van der Waals surface area contributed by atoms with Crippen LogP contribution in [0.5, 0.6) is 5.75 Å². The van der Waals surface area contributed by atoms with Crippen molar-refractivity contribution in [1.29, 1.82) is 0 Å². The number of benzene rings is 2. The topological polar surface area (TPSA) is 74.8 Å². The first-order chi connectivity index (χ1) is 14.2. The average molecular weight is 522 g/mol. The number of carbonyl (C=O) groups is 1. The molecule has 0 aliphatic rings. The first-order valence-corrected chi connectivity index (χ1v) is 9.88. The molecule has 1 amide bonds. The highest BCUT2D eigenvalue weighted by Gasteiger charge is 2.05. The Labute approximate surface area is 196 Å². The van der Waals surface area contributed by atoms with Crippen LogP contribution in [0, 0.1) is 0 Å². The van der Waals surface area contributed by atoms with Crippen molar-refractivity contribution in [2.75, 3.05) is 19.7 Å². The molecule has 2 aromatic carbocycles. The third-order valence-electron chi connectivity index (χ3n) is 4.09. The fourth-order valence-corrected chi connectivity index (χ4v) is 2.65. The average Bonchev–Trinajstić information content (AvgIpc) is 2.75. The molecular weight excluding hydrogens is 491 g/mol. The molecule has 0 fully saturated rings. The van der Waals surface area contributed by atoms with E-state index in [9.17, 15) is 4.79 Å². The summed E-state index contributed by atoms with van der Waals surface area (Å²) >= 11 is 0. The first kappa shape index (κ1) is 25.5. The summed E-state index contributed by atoms with van der Waals surface area (Å²) in [4.78, 5) is 16.5. The van der Waals surface area contributed by atoms with Gasteiger partial charge in [0, 0.05) is 30.8 Å². The summed E-state index contributed by atoms with van der Waals surface area (Å²) < 4.78 is 5.70. The van der Waals surface area contributed by atoms with E-state index in [1.807, 2.05) is 62.4 Å². The molecule has 6 nitrogen and oxygen atoms in total. The molecule has 0 atom stereocenters. The molecule has 0 heterocycles. The van der Waals surface area contributed by atoms with Crippen LogP contribution < -0.4 is 20.7 Å². The Kier molecular flexibility index (Phi) is 12.3. The monoisotopic (exact) mass is 522 g/mol. The van der Waals surface area contributed by atoms with E-state index in [0.717, 1.165) is 29.4 Å². The zero-order valence-electron chi connectivity index (χ0n) is 17.6. The van der Waals surface area contributed by atoms with Crippen molar-refractivity contribution >= 4 is 35.8 Å². The lowest BCUT2D eigenvalue weighted by Crippen LogP contribution is -2.36. The first-order valence-electron chi connectivity index (χ1n) is 9.88. The van der Waals surface area contributed by atoms with E-state index in [1.165, 1.54) is 0 Å². The fourth-order valence-electron chi connectivity index (χ4n) is 2.65. The second kappa shape index (κ2) is 14.4. The maximum absolute atomic E-state index is 11.8. The molecular formula is C23H31IN4O2. The normalized spacial score (nSPS) is 10.5. The number of nitrogens with zero attached hydrogens (tertiary/aromatic N) is 1. The number of guanidine groups is 1. The Bertz CT molecular complexity index is 822. The molecule has 0 spiro atoms. The second-order valence-corrected chi connectivity index (χ2v) is 6.31. The van der Waals surface area contributed by atoms with Gasteiger partial charge in [0.05, 0.1) is 6.54 Å². The molecule has 0 saturated heterocycles. The molecule has 30 heavy (non-hydrogen) atoms. The summed E-state index contributed by atoms with van der Waals surface area (Å²) in [6.45, 7) is 10.6. The van der Waals surface area contributed by atoms with Crippen LogP contribution in [0.1, 0.15) is 35.3 Å². The predicted octanol–water partition coefficient (Wildman–Crippen LogP) is 3.87. The van der Waals surface area contributed by atoms with Gasteiger partial charge in [-0.1, -0.05) is 43.0 Å². The lowest BCUT2D eigenvalue weighted by molar-refractivity contribution is 0.0956. The Balaban J connectivity index is 0.00000450. The number of amides is 1. The molecule has 0 bridgehead atoms. The summed E-state index contributed by atoms with van der Waals surface area (Å²) in [6.07, 6.45) is 1.73. The standard InChI is InChI=1S/C23H30N4O2.HI/c1-4-15-29-21-10-8-7-9-20(21)17-27-23(25-6-3)26-16-18-11-13-19(14-12-18)22(28)24-5-2;/h4,7-14H,1,5-6,15-17H2,2-3H3,(H,24,28)(H2,25,26,27);1H. The third-order valence-corrected chi connectivity index (χ3v) is 4.09. The smallest absolute Gasteiger partial charge is 0.251 e. The molecule has 0 unspecified atom stereocenters. The molecule has 0 aliphatic carbocycles. The zero-order chi connectivity index (χ0) is 20.9. The third kappa shape index (κ3) is 8.44. The number of para-hydroxylation sites is 1. The summed E-state index contributed by atoms with van der Waals surface area (Å²) in [5, 5.41) is 9.38. The van der Waals surface area contributed by atoms with Gasteiger partial charge in [0.1, 0.15) is 12.4 Å². The van der Waals surface area contributed by atoms with E-state index < -0.39 is 0 Å². The SMILES string of the molecule is C=CCOc1ccccc1CNC(=NCc1ccc(C(=O)NCC)cc1)NCC.I. The van der Waals surface area contributed by atoms with Crippen LogP contribution >= 0.6 is 24.0 Å². The van der Waals surface area contributed by atoms with E-state index in [1.54, 1.807) is 6.08 Å².